The highest BCUT2D eigenvalue weighted by atomic mass is 16.5. The Hall–Kier alpha value is -2.92. The van der Waals surface area contributed by atoms with E-state index in [9.17, 15) is 9.90 Å². The number of carbonyl (C=O) groups excluding carboxylic acids is 1. The minimum absolute atomic E-state index is 0.189. The van der Waals surface area contributed by atoms with Crippen LogP contribution in [0.2, 0.25) is 0 Å². The number of phenols is 1. The van der Waals surface area contributed by atoms with E-state index in [1.165, 1.54) is 7.11 Å². The number of carbonyl (C=O) groups is 1. The van der Waals surface area contributed by atoms with Crippen LogP contribution in [-0.4, -0.2) is 23.8 Å². The third-order valence-electron chi connectivity index (χ3n) is 3.36. The smallest absolute Gasteiger partial charge is 0.273 e. The van der Waals surface area contributed by atoms with Crippen molar-refractivity contribution in [2.75, 3.05) is 7.11 Å². The lowest BCUT2D eigenvalue weighted by Gasteiger charge is -2.13. The Morgan fingerprint density at radius 2 is 1.83 bits per heavy atom. The summed E-state index contributed by atoms with van der Waals surface area (Å²) in [5.41, 5.74) is 4.52. The third kappa shape index (κ3) is 4.79. The molecule has 2 aromatic carbocycles. The molecule has 0 radical (unpaired) electrons. The fourth-order valence-corrected chi connectivity index (χ4v) is 2.10. The third-order valence-corrected chi connectivity index (χ3v) is 3.36. The predicted molar refractivity (Wildman–Crippen MR) is 94.6 cm³/mol. The van der Waals surface area contributed by atoms with Crippen molar-refractivity contribution in [2.24, 2.45) is 5.10 Å². The number of nitrogens with zero attached hydrogens (tertiary/aromatic N) is 1. The van der Waals surface area contributed by atoms with Gasteiger partial charge in [0.2, 0.25) is 0 Å². The Balaban J connectivity index is 2.01. The van der Waals surface area contributed by atoms with Gasteiger partial charge in [-0.05, 0) is 30.7 Å². The minimum Gasteiger partial charge on any atom is -0.507 e. The summed E-state index contributed by atoms with van der Waals surface area (Å²) in [6.07, 6.45) is 2.72. The van der Waals surface area contributed by atoms with E-state index in [-0.39, 0.29) is 11.7 Å². The molecule has 124 valence electrons. The monoisotopic (exact) mass is 324 g/mol. The van der Waals surface area contributed by atoms with Crippen LogP contribution in [0.15, 0.2) is 65.8 Å². The molecule has 0 bridgehead atoms. The number of rotatable bonds is 6. The second-order valence-corrected chi connectivity index (χ2v) is 5.15. The number of hydrazone groups is 1. The van der Waals surface area contributed by atoms with E-state index in [0.29, 0.717) is 11.3 Å². The quantitative estimate of drug-likeness (QED) is 0.633. The lowest BCUT2D eigenvalue weighted by molar-refractivity contribution is -0.131. The molecule has 0 spiro atoms. The molecule has 0 fully saturated rings. The normalized spacial score (nSPS) is 13.0. The molecule has 24 heavy (non-hydrogen) atoms. The summed E-state index contributed by atoms with van der Waals surface area (Å²) >= 11 is 0. The topological polar surface area (TPSA) is 70.9 Å². The van der Waals surface area contributed by atoms with Crippen LogP contribution in [-0.2, 0) is 9.53 Å². The summed E-state index contributed by atoms with van der Waals surface area (Å²) in [5.74, 6) is -0.159. The maximum Gasteiger partial charge on any atom is 0.273 e. The standard InChI is InChI=1S/C19H20N2O3/c1-14(12-13-15-8-6-7-11-17(15)22)20-21-19(23)18(24-2)16-9-4-3-5-10-16/h3-13,18,22H,1-2H3,(H,21,23)/b13-12+,20-14-/t18-/m1/s1. The van der Waals surface area contributed by atoms with Crippen LogP contribution in [0.3, 0.4) is 0 Å². The first kappa shape index (κ1) is 17.4. The number of hydrogen-bond donors (Lipinski definition) is 2. The fraction of sp³-hybridized carbons (Fsp3) is 0.158. The average Bonchev–Trinajstić information content (AvgIpc) is 2.61. The van der Waals surface area contributed by atoms with Crippen LogP contribution in [0.1, 0.15) is 24.2 Å². The van der Waals surface area contributed by atoms with Crippen LogP contribution in [0.25, 0.3) is 6.08 Å². The largest absolute Gasteiger partial charge is 0.507 e. The first-order valence-electron chi connectivity index (χ1n) is 7.49. The van der Waals surface area contributed by atoms with Crippen LogP contribution in [0.5, 0.6) is 5.75 Å². The number of benzene rings is 2. The summed E-state index contributed by atoms with van der Waals surface area (Å²) < 4.78 is 5.24. The van der Waals surface area contributed by atoms with Gasteiger partial charge in [-0.2, -0.15) is 5.10 Å². The molecular weight excluding hydrogens is 304 g/mol. The van der Waals surface area contributed by atoms with Gasteiger partial charge in [-0.15, -0.1) is 0 Å². The number of amides is 1. The van der Waals surface area contributed by atoms with Crippen molar-refractivity contribution < 1.29 is 14.6 Å². The van der Waals surface area contributed by atoms with Gasteiger partial charge in [-0.25, -0.2) is 5.43 Å². The molecular formula is C19H20N2O3. The molecule has 1 amide bonds. The van der Waals surface area contributed by atoms with Gasteiger partial charge in [-0.1, -0.05) is 48.5 Å². The van der Waals surface area contributed by atoms with E-state index in [0.717, 1.165) is 5.56 Å². The van der Waals surface area contributed by atoms with Crippen molar-refractivity contribution in [1.29, 1.82) is 0 Å². The molecule has 1 atom stereocenters. The van der Waals surface area contributed by atoms with Crippen LogP contribution in [0, 0.1) is 0 Å². The van der Waals surface area contributed by atoms with Gasteiger partial charge in [0.1, 0.15) is 5.75 Å². The molecule has 5 heteroatoms. The Bertz CT molecular complexity index is 739. The summed E-state index contributed by atoms with van der Waals surface area (Å²) in [6, 6.07) is 16.2. The number of nitrogens with one attached hydrogen (secondary N) is 1. The van der Waals surface area contributed by atoms with Crippen molar-refractivity contribution in [3.8, 4) is 5.75 Å². The molecule has 0 aliphatic carbocycles. The van der Waals surface area contributed by atoms with Crippen LogP contribution < -0.4 is 5.43 Å². The Morgan fingerprint density at radius 3 is 2.50 bits per heavy atom. The Morgan fingerprint density at radius 1 is 1.17 bits per heavy atom. The molecule has 0 aliphatic rings. The van der Waals surface area contributed by atoms with Gasteiger partial charge in [-0.3, -0.25) is 4.79 Å². The van der Waals surface area contributed by atoms with Crippen LogP contribution in [0.4, 0.5) is 0 Å². The first-order chi connectivity index (χ1) is 11.6. The lowest BCUT2D eigenvalue weighted by Crippen LogP contribution is -2.27. The SMILES string of the molecule is CO[C@@H](C(=O)N/N=C(C)\C=C\c1ccccc1O)c1ccccc1. The number of phenolic OH excluding ortho intramolecular Hbond substituents is 1. The molecule has 0 aromatic heterocycles. The van der Waals surface area contributed by atoms with Gasteiger partial charge in [0.05, 0.1) is 5.71 Å². The Labute approximate surface area is 141 Å². The van der Waals surface area contributed by atoms with Crippen molar-refractivity contribution in [2.45, 2.75) is 13.0 Å². The number of methoxy groups -OCH3 is 1. The zero-order valence-electron chi connectivity index (χ0n) is 13.6. The molecule has 0 saturated heterocycles. The second kappa shape index (κ2) is 8.64. The summed E-state index contributed by atoms with van der Waals surface area (Å²) in [7, 11) is 1.48. The van der Waals surface area contributed by atoms with E-state index in [1.807, 2.05) is 36.4 Å². The molecule has 0 unspecified atom stereocenters. The molecule has 2 rings (SSSR count). The molecule has 2 N–H and O–H groups in total. The van der Waals surface area contributed by atoms with Gasteiger partial charge in [0.25, 0.3) is 5.91 Å². The first-order valence-corrected chi connectivity index (χ1v) is 7.49. The van der Waals surface area contributed by atoms with Crippen molar-refractivity contribution >= 4 is 17.7 Å². The summed E-state index contributed by atoms with van der Waals surface area (Å²) in [6.45, 7) is 1.75. The average molecular weight is 324 g/mol. The maximum atomic E-state index is 12.2. The zero-order valence-corrected chi connectivity index (χ0v) is 13.6. The number of para-hydroxylation sites is 1. The van der Waals surface area contributed by atoms with Crippen molar-refractivity contribution in [3.63, 3.8) is 0 Å². The van der Waals surface area contributed by atoms with E-state index >= 15 is 0 Å². The van der Waals surface area contributed by atoms with Gasteiger partial charge >= 0.3 is 0 Å². The van der Waals surface area contributed by atoms with E-state index < -0.39 is 6.10 Å². The maximum absolute atomic E-state index is 12.2. The fourth-order valence-electron chi connectivity index (χ4n) is 2.10. The molecule has 0 saturated carbocycles. The second-order valence-electron chi connectivity index (χ2n) is 5.15. The summed E-state index contributed by atoms with van der Waals surface area (Å²) in [4.78, 5) is 12.2. The Kier molecular flexibility index (Phi) is 6.28. The highest BCUT2D eigenvalue weighted by molar-refractivity contribution is 5.97. The summed E-state index contributed by atoms with van der Waals surface area (Å²) in [5, 5.41) is 13.7. The van der Waals surface area contributed by atoms with Crippen molar-refractivity contribution in [3.05, 3.63) is 71.8 Å². The van der Waals surface area contributed by atoms with Gasteiger partial charge in [0, 0.05) is 12.7 Å². The molecule has 5 nitrogen and oxygen atoms in total. The molecule has 0 aliphatic heterocycles. The van der Waals surface area contributed by atoms with Crippen LogP contribution >= 0.6 is 0 Å². The van der Waals surface area contributed by atoms with Gasteiger partial charge < -0.3 is 9.84 Å². The highest BCUT2D eigenvalue weighted by Gasteiger charge is 2.19. The number of aromatic hydroxyl groups is 1. The lowest BCUT2D eigenvalue weighted by atomic mass is 10.1. The number of allylic oxidation sites excluding steroid dienone is 1. The predicted octanol–water partition coefficient (Wildman–Crippen LogP) is 3.29. The highest BCUT2D eigenvalue weighted by Crippen LogP contribution is 2.17. The van der Waals surface area contributed by atoms with E-state index in [1.54, 1.807) is 37.3 Å². The molecule has 2 aromatic rings. The van der Waals surface area contributed by atoms with Gasteiger partial charge in [0.15, 0.2) is 6.10 Å². The molecule has 0 heterocycles. The minimum atomic E-state index is -0.718. The number of hydrogen-bond acceptors (Lipinski definition) is 4. The zero-order chi connectivity index (χ0) is 17.4. The number of ether oxygens (including phenoxy) is 1. The van der Waals surface area contributed by atoms with E-state index in [4.69, 9.17) is 4.74 Å². The van der Waals surface area contributed by atoms with Crippen molar-refractivity contribution in [1.82, 2.24) is 5.43 Å². The van der Waals surface area contributed by atoms with E-state index in [2.05, 4.69) is 10.5 Å².